The van der Waals surface area contributed by atoms with Crippen molar-refractivity contribution < 1.29 is 55.9 Å². The number of aliphatic hydroxyl groups excluding tert-OH is 1. The lowest BCUT2D eigenvalue weighted by Crippen LogP contribution is -2.38. The maximum Gasteiger partial charge on any atom is 0.475 e. The zero-order chi connectivity index (χ0) is 40.7. The highest BCUT2D eigenvalue weighted by Gasteiger charge is 2.74. The first-order valence-corrected chi connectivity index (χ1v) is 22.4. The zero-order valence-corrected chi connectivity index (χ0v) is 33.9. The molecule has 310 valence electrons. The van der Waals surface area contributed by atoms with Crippen molar-refractivity contribution in [3.8, 4) is 0 Å². The van der Waals surface area contributed by atoms with E-state index in [1.54, 1.807) is 32.3 Å². The van der Waals surface area contributed by atoms with E-state index in [0.717, 1.165) is 0 Å². The van der Waals surface area contributed by atoms with Crippen LogP contribution in [0.4, 0.5) is 11.8 Å². The number of imidazole rings is 2. The fourth-order valence-corrected chi connectivity index (χ4v) is 12.0. The number of nitrogen functional groups attached to an aromatic ring is 2. The number of anilines is 2. The van der Waals surface area contributed by atoms with Crippen LogP contribution < -0.4 is 17.0 Å². The summed E-state index contributed by atoms with van der Waals surface area (Å²) in [4.78, 5) is 48.9. The van der Waals surface area contributed by atoms with Crippen molar-refractivity contribution in [3.63, 3.8) is 0 Å². The fourth-order valence-electron chi connectivity index (χ4n) is 7.72. The van der Waals surface area contributed by atoms with E-state index in [0.29, 0.717) is 29.0 Å². The number of nitrogens with zero attached hydrogens (tertiary/aromatic N) is 7. The molecule has 4 aromatic rings. The molecule has 26 heteroatoms. The van der Waals surface area contributed by atoms with Crippen molar-refractivity contribution in [2.24, 2.45) is 16.7 Å². The number of hydrogen-bond acceptors (Lipinski definition) is 21. The summed E-state index contributed by atoms with van der Waals surface area (Å²) in [5, 5.41) is 12.1. The molecule has 2 saturated carbocycles. The van der Waals surface area contributed by atoms with Crippen molar-refractivity contribution in [1.82, 2.24) is 39.0 Å². The minimum Gasteiger partial charge on any atom is -0.454 e. The Bertz CT molecular complexity index is 2360. The molecule has 8 rings (SSSR count). The quantitative estimate of drug-likeness (QED) is 0.112. The van der Waals surface area contributed by atoms with Gasteiger partial charge in [-0.1, -0.05) is 0 Å². The van der Waals surface area contributed by atoms with Gasteiger partial charge in [-0.15, -0.1) is 0 Å². The average Bonchev–Trinajstić information content (AvgIpc) is 3.44. The second kappa shape index (κ2) is 14.6. The Morgan fingerprint density at radius 3 is 2.60 bits per heavy atom. The van der Waals surface area contributed by atoms with Crippen LogP contribution in [0, 0.1) is 16.7 Å². The number of nitrogens with two attached hydrogens (primary N) is 2. The van der Waals surface area contributed by atoms with E-state index < -0.39 is 98.2 Å². The third-order valence-corrected chi connectivity index (χ3v) is 15.3. The van der Waals surface area contributed by atoms with E-state index in [1.165, 1.54) is 30.7 Å². The SMILES string of the molecule is CCO[P@@]1(=O)OCC23C[C@@H]2[C@@H](n2cnc4c(N)ncnc42)[C@H](O)[C@@H]3O[P@@](=O)(SCOC(=O)C(C)(C)C)OC[C@H]2O[C@@H](n3cnc4c(=O)[nH]c(N)nc43)[C@H](O1)[C@@H]2OC. The number of aliphatic hydroxyl groups is 1. The molecule has 0 amide bonds. The van der Waals surface area contributed by atoms with Crippen LogP contribution in [0.5, 0.6) is 0 Å². The van der Waals surface area contributed by atoms with Gasteiger partial charge in [0.2, 0.25) is 5.95 Å². The molecule has 4 fully saturated rings. The number of ether oxygens (including phenoxy) is 3. The van der Waals surface area contributed by atoms with Crippen LogP contribution in [0.25, 0.3) is 22.3 Å². The standard InChI is InChI=1S/C31H42N10O13P2S/c1-6-49-55(45)51-9-31-7-14(31)18(40-11-36-16-23(32)34-10-35-24(16)40)19(42)22(31)54-56(46,57-13-48-28(44)30(2,3)4)50-8-15-20(47-5)21(53-55)27(52-15)41-12-37-17-25(41)38-29(33)39-26(17)43/h10-12,14-15,18-22,27,42H,6-9,13H2,1-5H3,(H2,32,34,35)(H3,33,38,39,43)/t14-,15-,18-,19+,20-,21-,22+,27-,31?,55+,56+/m1/s1. The van der Waals surface area contributed by atoms with E-state index in [-0.39, 0.29) is 36.1 Å². The molecule has 2 aliphatic carbocycles. The van der Waals surface area contributed by atoms with Crippen LogP contribution in [0.3, 0.4) is 0 Å². The van der Waals surface area contributed by atoms with Crippen molar-refractivity contribution in [2.75, 3.05) is 44.3 Å². The predicted molar refractivity (Wildman–Crippen MR) is 199 cm³/mol. The van der Waals surface area contributed by atoms with Crippen molar-refractivity contribution in [2.45, 2.75) is 76.9 Å². The van der Waals surface area contributed by atoms with Crippen LogP contribution in [0.15, 0.2) is 23.8 Å². The van der Waals surface area contributed by atoms with Crippen LogP contribution >= 0.6 is 26.0 Å². The fraction of sp³-hybridized carbons (Fsp3) is 0.645. The predicted octanol–water partition coefficient (Wildman–Crippen LogP) is 2.31. The Morgan fingerprint density at radius 2 is 1.86 bits per heavy atom. The molecule has 0 radical (unpaired) electrons. The van der Waals surface area contributed by atoms with Gasteiger partial charge in [-0.2, -0.15) is 4.98 Å². The van der Waals surface area contributed by atoms with Crippen LogP contribution in [-0.4, -0.2) is 114 Å². The Kier molecular flexibility index (Phi) is 10.3. The number of carbonyl (C=O) groups excluding carboxylic acids is 1. The molecule has 2 saturated heterocycles. The van der Waals surface area contributed by atoms with Gasteiger partial charge in [0.05, 0.1) is 43.9 Å². The van der Waals surface area contributed by atoms with Gasteiger partial charge in [-0.25, -0.2) is 29.1 Å². The minimum atomic E-state index is -4.55. The number of phosphoric ester groups is 1. The molecule has 6 heterocycles. The monoisotopic (exact) mass is 856 g/mol. The molecular formula is C31H42N10O13P2S. The number of hydrogen-bond donors (Lipinski definition) is 4. The van der Waals surface area contributed by atoms with Gasteiger partial charge in [-0.05, 0) is 40.0 Å². The van der Waals surface area contributed by atoms with E-state index in [4.69, 9.17) is 48.3 Å². The highest BCUT2D eigenvalue weighted by molar-refractivity contribution is 8.55. The molecule has 1 spiro atoms. The highest BCUT2D eigenvalue weighted by atomic mass is 32.7. The molecule has 2 bridgehead atoms. The van der Waals surface area contributed by atoms with Crippen molar-refractivity contribution in [1.29, 1.82) is 0 Å². The van der Waals surface area contributed by atoms with Gasteiger partial charge in [0.15, 0.2) is 28.9 Å². The molecule has 11 atom stereocenters. The smallest absolute Gasteiger partial charge is 0.454 e. The maximum atomic E-state index is 15.0. The first-order chi connectivity index (χ1) is 27.0. The summed E-state index contributed by atoms with van der Waals surface area (Å²) in [6.45, 7) is 1.20. The number of esters is 1. The average molecular weight is 857 g/mol. The van der Waals surface area contributed by atoms with Gasteiger partial charge < -0.3 is 35.4 Å². The van der Waals surface area contributed by atoms with Crippen LogP contribution in [-0.2, 0) is 50.8 Å². The topological polar surface area (TPSA) is 304 Å². The second-order valence-corrected chi connectivity index (χ2v) is 20.6. The number of phosphoric acid groups is 1. The Hall–Kier alpha value is -3.54. The first kappa shape index (κ1) is 40.2. The Morgan fingerprint density at radius 1 is 1.11 bits per heavy atom. The molecule has 4 aliphatic rings. The maximum absolute atomic E-state index is 15.0. The lowest BCUT2D eigenvalue weighted by atomic mass is 9.98. The van der Waals surface area contributed by atoms with E-state index >= 15 is 0 Å². The minimum absolute atomic E-state index is 0.0114. The summed E-state index contributed by atoms with van der Waals surface area (Å²) < 4.78 is 80.9. The van der Waals surface area contributed by atoms with Crippen molar-refractivity contribution >= 4 is 66.1 Å². The molecular weight excluding hydrogens is 814 g/mol. The van der Waals surface area contributed by atoms with Gasteiger partial charge in [-0.3, -0.25) is 41.8 Å². The number of aromatic nitrogens is 8. The third-order valence-electron chi connectivity index (χ3n) is 10.5. The molecule has 23 nitrogen and oxygen atoms in total. The van der Waals surface area contributed by atoms with Gasteiger partial charge in [0.1, 0.15) is 48.3 Å². The van der Waals surface area contributed by atoms with E-state index in [9.17, 15) is 23.8 Å². The zero-order valence-electron chi connectivity index (χ0n) is 31.3. The molecule has 4 aromatic heterocycles. The van der Waals surface area contributed by atoms with Crippen molar-refractivity contribution in [3.05, 3.63) is 29.3 Å². The van der Waals surface area contributed by atoms with Crippen LogP contribution in [0.2, 0.25) is 0 Å². The highest BCUT2D eigenvalue weighted by Crippen LogP contribution is 2.74. The number of aromatic amines is 1. The molecule has 2 aliphatic heterocycles. The summed E-state index contributed by atoms with van der Waals surface area (Å²) >= 11 is 0.593. The largest absolute Gasteiger partial charge is 0.475 e. The summed E-state index contributed by atoms with van der Waals surface area (Å²) in [7, 11) is -3.21. The number of fused-ring (bicyclic) bond motifs is 4. The number of nitrogens with one attached hydrogen (secondary N) is 1. The van der Waals surface area contributed by atoms with Gasteiger partial charge in [0, 0.05) is 23.9 Å². The first-order valence-electron chi connectivity index (χ1n) is 17.9. The lowest BCUT2D eigenvalue weighted by molar-refractivity contribution is -0.150. The number of H-pyrrole nitrogens is 1. The second-order valence-electron chi connectivity index (χ2n) is 15.1. The molecule has 6 N–H and O–H groups in total. The summed E-state index contributed by atoms with van der Waals surface area (Å²) in [6, 6.07) is -0.769. The number of methoxy groups -OCH3 is 1. The number of rotatable bonds is 8. The van der Waals surface area contributed by atoms with Crippen LogP contribution in [0.1, 0.15) is 46.4 Å². The Labute approximate surface area is 327 Å². The normalized spacial score (nSPS) is 35.6. The van der Waals surface area contributed by atoms with Gasteiger partial charge >= 0.3 is 20.6 Å². The lowest BCUT2D eigenvalue weighted by Gasteiger charge is -2.32. The third kappa shape index (κ3) is 7.07. The summed E-state index contributed by atoms with van der Waals surface area (Å²) in [5.41, 5.74) is 9.90. The summed E-state index contributed by atoms with van der Waals surface area (Å²) in [6.07, 6.45) is -3.12. The molecule has 1 unspecified atom stereocenters. The Balaban J connectivity index is 1.19. The van der Waals surface area contributed by atoms with E-state index in [1.807, 2.05) is 0 Å². The number of carbonyl (C=O) groups is 1. The van der Waals surface area contributed by atoms with E-state index in [2.05, 4.69) is 29.9 Å². The summed E-state index contributed by atoms with van der Waals surface area (Å²) in [5.74, 6) is -1.51. The van der Waals surface area contributed by atoms with Gasteiger partial charge in [0.25, 0.3) is 5.56 Å². The molecule has 0 aromatic carbocycles. The molecule has 57 heavy (non-hydrogen) atoms.